The van der Waals surface area contributed by atoms with Gasteiger partial charge in [0, 0.05) is 5.39 Å². The van der Waals surface area contributed by atoms with E-state index in [4.69, 9.17) is 13.6 Å². The Morgan fingerprint density at radius 2 is 1.84 bits per heavy atom. The molecule has 7 heteroatoms. The number of nitrogens with zero attached hydrogens (tertiary/aromatic N) is 2. The first-order chi connectivity index (χ1) is 12.2. The Morgan fingerprint density at radius 3 is 2.68 bits per heavy atom. The van der Waals surface area contributed by atoms with Crippen LogP contribution in [0.3, 0.4) is 0 Å². The zero-order chi connectivity index (χ0) is 17.2. The maximum atomic E-state index is 12.3. The lowest BCUT2D eigenvalue weighted by Gasteiger charge is -2.03. The highest BCUT2D eigenvalue weighted by Crippen LogP contribution is 2.29. The van der Waals surface area contributed by atoms with E-state index in [-0.39, 0.29) is 17.7 Å². The molecule has 0 spiro atoms. The number of methoxy groups -OCH3 is 1. The van der Waals surface area contributed by atoms with Gasteiger partial charge >= 0.3 is 6.01 Å². The van der Waals surface area contributed by atoms with Crippen LogP contribution in [0.2, 0.25) is 0 Å². The van der Waals surface area contributed by atoms with E-state index in [1.807, 2.05) is 30.3 Å². The van der Waals surface area contributed by atoms with Crippen molar-refractivity contribution in [3.63, 3.8) is 0 Å². The molecule has 25 heavy (non-hydrogen) atoms. The molecule has 0 aliphatic rings. The van der Waals surface area contributed by atoms with Gasteiger partial charge in [0.05, 0.1) is 12.7 Å². The fourth-order valence-electron chi connectivity index (χ4n) is 2.46. The van der Waals surface area contributed by atoms with Crippen LogP contribution in [0.5, 0.6) is 5.75 Å². The van der Waals surface area contributed by atoms with Gasteiger partial charge in [0.2, 0.25) is 0 Å². The van der Waals surface area contributed by atoms with E-state index < -0.39 is 5.91 Å². The SMILES string of the molecule is COc1ccccc1-c1nnc(NC(=O)c2cc3ccccc3o2)o1. The van der Waals surface area contributed by atoms with Gasteiger partial charge in [0.1, 0.15) is 11.3 Å². The fraction of sp³-hybridized carbons (Fsp3) is 0.0556. The number of amides is 1. The first-order valence-electron chi connectivity index (χ1n) is 7.51. The summed E-state index contributed by atoms with van der Waals surface area (Å²) in [6.07, 6.45) is 0. The quantitative estimate of drug-likeness (QED) is 0.611. The molecule has 2 aromatic carbocycles. The molecule has 2 aromatic heterocycles. The minimum Gasteiger partial charge on any atom is -0.496 e. The number of carbonyl (C=O) groups is 1. The lowest BCUT2D eigenvalue weighted by atomic mass is 10.2. The molecule has 0 fully saturated rings. The highest BCUT2D eigenvalue weighted by molar-refractivity contribution is 6.03. The summed E-state index contributed by atoms with van der Waals surface area (Å²) < 4.78 is 16.3. The van der Waals surface area contributed by atoms with Crippen LogP contribution < -0.4 is 10.1 Å². The Bertz CT molecular complexity index is 1020. The van der Waals surface area contributed by atoms with Crippen LogP contribution in [0.15, 0.2) is 63.4 Å². The number of ether oxygens (including phenoxy) is 1. The lowest BCUT2D eigenvalue weighted by Crippen LogP contribution is -2.10. The van der Waals surface area contributed by atoms with Crippen molar-refractivity contribution in [2.45, 2.75) is 0 Å². The first-order valence-corrected chi connectivity index (χ1v) is 7.51. The summed E-state index contributed by atoms with van der Waals surface area (Å²) in [5, 5.41) is 11.2. The number of furan rings is 1. The Morgan fingerprint density at radius 1 is 1.04 bits per heavy atom. The summed E-state index contributed by atoms with van der Waals surface area (Å²) in [6.45, 7) is 0. The molecule has 0 unspecified atom stereocenters. The number of hydrogen-bond acceptors (Lipinski definition) is 6. The van der Waals surface area contributed by atoms with Crippen LogP contribution in [-0.2, 0) is 0 Å². The predicted octanol–water partition coefficient (Wildman–Crippen LogP) is 3.74. The molecule has 0 radical (unpaired) electrons. The molecule has 4 rings (SSSR count). The third-order valence-electron chi connectivity index (χ3n) is 3.63. The molecule has 0 aliphatic heterocycles. The Labute approximate surface area is 142 Å². The second-order valence-corrected chi connectivity index (χ2v) is 5.22. The van der Waals surface area contributed by atoms with Crippen molar-refractivity contribution in [1.82, 2.24) is 10.2 Å². The smallest absolute Gasteiger partial charge is 0.322 e. The minimum atomic E-state index is -0.466. The van der Waals surface area contributed by atoms with Crippen LogP contribution >= 0.6 is 0 Å². The third-order valence-corrected chi connectivity index (χ3v) is 3.63. The molecule has 7 nitrogen and oxygen atoms in total. The highest BCUT2D eigenvalue weighted by atomic mass is 16.5. The highest BCUT2D eigenvalue weighted by Gasteiger charge is 2.17. The van der Waals surface area contributed by atoms with E-state index in [0.29, 0.717) is 16.9 Å². The second kappa shape index (κ2) is 6.12. The standard InChI is InChI=1S/C18H13N3O4/c1-23-14-9-5-3-7-12(14)17-20-21-18(25-17)19-16(22)15-10-11-6-2-4-8-13(11)24-15/h2-10H,1H3,(H,19,21,22). The largest absolute Gasteiger partial charge is 0.496 e. The van der Waals surface area contributed by atoms with Crippen molar-refractivity contribution in [2.75, 3.05) is 12.4 Å². The predicted molar refractivity (Wildman–Crippen MR) is 90.5 cm³/mol. The van der Waals surface area contributed by atoms with Crippen molar-refractivity contribution < 1.29 is 18.4 Å². The number of hydrogen-bond donors (Lipinski definition) is 1. The molecule has 124 valence electrons. The summed E-state index contributed by atoms with van der Waals surface area (Å²) in [4.78, 5) is 12.3. The van der Waals surface area contributed by atoms with Gasteiger partial charge in [-0.15, -0.1) is 5.10 Å². The topological polar surface area (TPSA) is 90.4 Å². The number of rotatable bonds is 4. The van der Waals surface area contributed by atoms with Crippen LogP contribution in [-0.4, -0.2) is 23.2 Å². The van der Waals surface area contributed by atoms with Crippen molar-refractivity contribution >= 4 is 22.9 Å². The van der Waals surface area contributed by atoms with Gasteiger partial charge in [-0.25, -0.2) is 0 Å². The lowest BCUT2D eigenvalue weighted by molar-refractivity contribution is 0.0996. The average Bonchev–Trinajstić information content (AvgIpc) is 3.28. The number of para-hydroxylation sites is 2. The van der Waals surface area contributed by atoms with Gasteiger partial charge < -0.3 is 13.6 Å². The van der Waals surface area contributed by atoms with E-state index in [9.17, 15) is 4.79 Å². The number of anilines is 1. The minimum absolute atomic E-state index is 0.0219. The van der Waals surface area contributed by atoms with Crippen molar-refractivity contribution in [2.24, 2.45) is 0 Å². The first kappa shape index (κ1) is 14.9. The van der Waals surface area contributed by atoms with Gasteiger partial charge in [-0.1, -0.05) is 35.4 Å². The molecule has 0 saturated carbocycles. The molecular formula is C18H13N3O4. The maximum Gasteiger partial charge on any atom is 0.322 e. The molecule has 2 heterocycles. The second-order valence-electron chi connectivity index (χ2n) is 5.22. The molecule has 0 bridgehead atoms. The molecule has 1 amide bonds. The van der Waals surface area contributed by atoms with E-state index in [2.05, 4.69) is 15.5 Å². The number of aromatic nitrogens is 2. The molecule has 0 aliphatic carbocycles. The normalized spacial score (nSPS) is 10.8. The van der Waals surface area contributed by atoms with Crippen molar-refractivity contribution in [3.05, 3.63) is 60.4 Å². The zero-order valence-corrected chi connectivity index (χ0v) is 13.2. The van der Waals surface area contributed by atoms with Crippen LogP contribution in [0.1, 0.15) is 10.6 Å². The van der Waals surface area contributed by atoms with Gasteiger partial charge in [0.15, 0.2) is 5.76 Å². The molecular weight excluding hydrogens is 322 g/mol. The fourth-order valence-corrected chi connectivity index (χ4v) is 2.46. The average molecular weight is 335 g/mol. The van der Waals surface area contributed by atoms with Gasteiger partial charge in [-0.2, -0.15) is 0 Å². The van der Waals surface area contributed by atoms with Crippen LogP contribution in [0, 0.1) is 0 Å². The number of carbonyl (C=O) groups excluding carboxylic acids is 1. The summed E-state index contributed by atoms with van der Waals surface area (Å²) >= 11 is 0. The van der Waals surface area contributed by atoms with E-state index in [1.54, 1.807) is 31.4 Å². The Kier molecular flexibility index (Phi) is 3.66. The van der Waals surface area contributed by atoms with Crippen LogP contribution in [0.4, 0.5) is 6.01 Å². The maximum absolute atomic E-state index is 12.3. The van der Waals surface area contributed by atoms with Crippen LogP contribution in [0.25, 0.3) is 22.4 Å². The molecule has 4 aromatic rings. The summed E-state index contributed by atoms with van der Waals surface area (Å²) in [6, 6.07) is 16.2. The molecule has 0 atom stereocenters. The third kappa shape index (κ3) is 2.83. The zero-order valence-electron chi connectivity index (χ0n) is 13.2. The van der Waals surface area contributed by atoms with E-state index in [0.717, 1.165) is 5.39 Å². The summed E-state index contributed by atoms with van der Waals surface area (Å²) in [5.41, 5.74) is 1.27. The summed E-state index contributed by atoms with van der Waals surface area (Å²) in [7, 11) is 1.56. The molecule has 0 saturated heterocycles. The number of benzene rings is 2. The molecule has 1 N–H and O–H groups in total. The van der Waals surface area contributed by atoms with Gasteiger partial charge in [-0.3, -0.25) is 10.1 Å². The monoisotopic (exact) mass is 335 g/mol. The van der Waals surface area contributed by atoms with Crippen molar-refractivity contribution in [1.29, 1.82) is 0 Å². The van der Waals surface area contributed by atoms with Gasteiger partial charge in [-0.05, 0) is 24.3 Å². The van der Waals surface area contributed by atoms with Gasteiger partial charge in [0.25, 0.3) is 11.8 Å². The summed E-state index contributed by atoms with van der Waals surface area (Å²) in [5.74, 6) is 0.545. The van der Waals surface area contributed by atoms with E-state index >= 15 is 0 Å². The Hall–Kier alpha value is -3.61. The Balaban J connectivity index is 1.57. The number of fused-ring (bicyclic) bond motifs is 1. The van der Waals surface area contributed by atoms with Crippen molar-refractivity contribution in [3.8, 4) is 17.2 Å². The van der Waals surface area contributed by atoms with E-state index in [1.165, 1.54) is 0 Å². The number of nitrogens with one attached hydrogen (secondary N) is 1.